The van der Waals surface area contributed by atoms with E-state index in [1.165, 1.54) is 75.7 Å². The van der Waals surface area contributed by atoms with Crippen LogP contribution >= 0.6 is 0 Å². The Bertz CT molecular complexity index is 173. The molecule has 0 radical (unpaired) electrons. The molecule has 2 aliphatic rings. The van der Waals surface area contributed by atoms with Crippen LogP contribution in [0.4, 0.5) is 0 Å². The normalized spacial score (nSPS) is 22.8. The summed E-state index contributed by atoms with van der Waals surface area (Å²) >= 11 is 0. The zero-order chi connectivity index (χ0) is 11.9. The van der Waals surface area contributed by atoms with Crippen molar-refractivity contribution in [2.75, 3.05) is 46.8 Å². The highest BCUT2D eigenvalue weighted by molar-refractivity contribution is 4.59. The highest BCUT2D eigenvalue weighted by atomic mass is 35.5. The maximum absolute atomic E-state index is 2.41. The van der Waals surface area contributed by atoms with E-state index in [0.717, 1.165) is 0 Å². The third-order valence-corrected chi connectivity index (χ3v) is 4.03. The van der Waals surface area contributed by atoms with Gasteiger partial charge in [0.05, 0.1) is 26.7 Å². The fourth-order valence-corrected chi connectivity index (χ4v) is 2.74. The second-order valence-electron chi connectivity index (χ2n) is 5.86. The maximum atomic E-state index is 2.41. The van der Waals surface area contributed by atoms with Crippen molar-refractivity contribution >= 4 is 0 Å². The Kier molecular flexibility index (Phi) is 9.29. The largest absolute Gasteiger partial charge is 1.00 e. The van der Waals surface area contributed by atoms with Crippen molar-refractivity contribution < 1.29 is 16.9 Å². The number of likely N-dealkylation sites (tertiary alicyclic amines) is 2. The van der Waals surface area contributed by atoms with Crippen LogP contribution in [0.1, 0.15) is 45.4 Å². The molecular weight excluding hydrogens is 232 g/mol. The zero-order valence-electron chi connectivity index (χ0n) is 12.1. The first kappa shape index (κ1) is 17.2. The number of halogens is 1. The van der Waals surface area contributed by atoms with Crippen LogP contribution in [-0.4, -0.2) is 56.2 Å². The molecule has 2 fully saturated rings. The summed E-state index contributed by atoms with van der Waals surface area (Å²) in [7, 11) is 4.58. The van der Waals surface area contributed by atoms with E-state index in [4.69, 9.17) is 0 Å². The number of rotatable bonds is 3. The van der Waals surface area contributed by atoms with E-state index in [-0.39, 0.29) is 12.4 Å². The summed E-state index contributed by atoms with van der Waals surface area (Å²) < 4.78 is 1.36. The summed E-state index contributed by atoms with van der Waals surface area (Å²) in [5.74, 6) is 0. The highest BCUT2D eigenvalue weighted by Crippen LogP contribution is 2.16. The molecule has 2 aliphatic heterocycles. The van der Waals surface area contributed by atoms with Gasteiger partial charge in [0.2, 0.25) is 0 Å². The molecule has 0 aromatic rings. The van der Waals surface area contributed by atoms with Gasteiger partial charge in [-0.25, -0.2) is 0 Å². The molecule has 104 valence electrons. The van der Waals surface area contributed by atoms with Crippen molar-refractivity contribution in [2.45, 2.75) is 45.4 Å². The summed E-state index contributed by atoms with van der Waals surface area (Å²) in [5, 5.41) is 0. The Morgan fingerprint density at radius 2 is 1.53 bits per heavy atom. The summed E-state index contributed by atoms with van der Waals surface area (Å²) in [6, 6.07) is 0. The maximum Gasteiger partial charge on any atom is 0.0786 e. The van der Waals surface area contributed by atoms with Gasteiger partial charge in [0, 0.05) is 12.8 Å². The first-order valence-corrected chi connectivity index (χ1v) is 7.18. The average molecular weight is 263 g/mol. The summed E-state index contributed by atoms with van der Waals surface area (Å²) in [6.45, 7) is 9.19. The minimum atomic E-state index is 0. The lowest BCUT2D eigenvalue weighted by Crippen LogP contribution is -3.00. The van der Waals surface area contributed by atoms with E-state index in [1.54, 1.807) is 0 Å². The molecule has 0 N–H and O–H groups in total. The van der Waals surface area contributed by atoms with Crippen LogP contribution in [0.25, 0.3) is 0 Å². The molecule has 2 nitrogen and oxygen atoms in total. The zero-order valence-corrected chi connectivity index (χ0v) is 12.8. The smallest absolute Gasteiger partial charge is 0.0786 e. The monoisotopic (exact) mass is 262 g/mol. The van der Waals surface area contributed by atoms with Gasteiger partial charge in [-0.05, 0) is 39.4 Å². The number of hydrogen-bond acceptors (Lipinski definition) is 1. The molecule has 0 saturated carbocycles. The quantitative estimate of drug-likeness (QED) is 0.634. The third-order valence-electron chi connectivity index (χ3n) is 4.03. The Morgan fingerprint density at radius 3 is 1.88 bits per heavy atom. The Balaban J connectivity index is 0.000000316. The molecule has 0 atom stereocenters. The van der Waals surface area contributed by atoms with Crippen molar-refractivity contribution in [2.24, 2.45) is 0 Å². The molecule has 17 heavy (non-hydrogen) atoms. The molecule has 0 unspecified atom stereocenters. The number of hydrogen-bond donors (Lipinski definition) is 0. The van der Waals surface area contributed by atoms with Crippen molar-refractivity contribution in [1.82, 2.24) is 4.90 Å². The SMILES string of the molecule is CCCC[N+]1(C)CCCC1.CN1CCCC1.[Cl-]. The number of quaternary nitrogens is 1. The van der Waals surface area contributed by atoms with Gasteiger partial charge in [-0.15, -0.1) is 0 Å². The fourth-order valence-electron chi connectivity index (χ4n) is 2.74. The van der Waals surface area contributed by atoms with Crippen LogP contribution in [-0.2, 0) is 0 Å². The Hall–Kier alpha value is 0.210. The molecule has 0 aromatic heterocycles. The van der Waals surface area contributed by atoms with Crippen molar-refractivity contribution in [3.63, 3.8) is 0 Å². The molecule has 0 aliphatic carbocycles. The minimum Gasteiger partial charge on any atom is -1.00 e. The molecule has 0 bridgehead atoms. The van der Waals surface area contributed by atoms with Gasteiger partial charge in [0.15, 0.2) is 0 Å². The Morgan fingerprint density at radius 1 is 1.00 bits per heavy atom. The van der Waals surface area contributed by atoms with Gasteiger partial charge in [-0.1, -0.05) is 13.3 Å². The lowest BCUT2D eigenvalue weighted by Gasteiger charge is -2.28. The third kappa shape index (κ3) is 7.28. The van der Waals surface area contributed by atoms with E-state index >= 15 is 0 Å². The summed E-state index contributed by atoms with van der Waals surface area (Å²) in [5.41, 5.74) is 0. The molecule has 2 rings (SSSR count). The fraction of sp³-hybridized carbons (Fsp3) is 1.00. The van der Waals surface area contributed by atoms with Gasteiger partial charge in [-0.2, -0.15) is 0 Å². The van der Waals surface area contributed by atoms with Gasteiger partial charge in [0.25, 0.3) is 0 Å². The molecular formula is C14H31ClN2. The first-order valence-electron chi connectivity index (χ1n) is 7.18. The molecule has 2 heterocycles. The molecule has 3 heteroatoms. The van der Waals surface area contributed by atoms with Gasteiger partial charge in [0.1, 0.15) is 0 Å². The summed E-state index contributed by atoms with van der Waals surface area (Å²) in [4.78, 5) is 2.36. The highest BCUT2D eigenvalue weighted by Gasteiger charge is 2.25. The average Bonchev–Trinajstić information content (AvgIpc) is 2.89. The molecule has 0 aromatic carbocycles. The second-order valence-corrected chi connectivity index (χ2v) is 5.86. The predicted octanol–water partition coefficient (Wildman–Crippen LogP) is -0.257. The van der Waals surface area contributed by atoms with E-state index in [9.17, 15) is 0 Å². The number of nitrogens with zero attached hydrogens (tertiary/aromatic N) is 2. The summed E-state index contributed by atoms with van der Waals surface area (Å²) in [6.07, 6.45) is 8.51. The Labute approximate surface area is 114 Å². The van der Waals surface area contributed by atoms with Gasteiger partial charge < -0.3 is 21.8 Å². The van der Waals surface area contributed by atoms with E-state index < -0.39 is 0 Å². The lowest BCUT2D eigenvalue weighted by molar-refractivity contribution is -0.897. The van der Waals surface area contributed by atoms with Gasteiger partial charge >= 0.3 is 0 Å². The van der Waals surface area contributed by atoms with Crippen LogP contribution in [0.2, 0.25) is 0 Å². The van der Waals surface area contributed by atoms with Crippen LogP contribution in [0.3, 0.4) is 0 Å². The molecule has 0 amide bonds. The predicted molar refractivity (Wildman–Crippen MR) is 71.7 cm³/mol. The van der Waals surface area contributed by atoms with Crippen LogP contribution in [0.15, 0.2) is 0 Å². The molecule has 0 spiro atoms. The first-order chi connectivity index (χ1) is 7.66. The van der Waals surface area contributed by atoms with Crippen LogP contribution in [0.5, 0.6) is 0 Å². The minimum absolute atomic E-state index is 0. The topological polar surface area (TPSA) is 3.24 Å². The number of unbranched alkanes of at least 4 members (excludes halogenated alkanes) is 1. The van der Waals surface area contributed by atoms with E-state index in [1.807, 2.05) is 0 Å². The van der Waals surface area contributed by atoms with Crippen LogP contribution in [0, 0.1) is 0 Å². The van der Waals surface area contributed by atoms with Crippen LogP contribution < -0.4 is 12.4 Å². The molecule has 2 saturated heterocycles. The van der Waals surface area contributed by atoms with E-state index in [2.05, 4.69) is 25.9 Å². The standard InChI is InChI=1S/C9H20N.C5H11N.ClH/c1-3-4-7-10(2)8-5-6-9-10;1-6-4-2-3-5-6;/h3-9H2,1-2H3;2-5H2,1H3;1H/q+1;;/p-1. The lowest BCUT2D eigenvalue weighted by atomic mass is 10.3. The van der Waals surface area contributed by atoms with E-state index in [0.29, 0.717) is 0 Å². The van der Waals surface area contributed by atoms with Crippen molar-refractivity contribution in [1.29, 1.82) is 0 Å². The van der Waals surface area contributed by atoms with Gasteiger partial charge in [-0.3, -0.25) is 0 Å². The van der Waals surface area contributed by atoms with Crippen molar-refractivity contribution in [3.8, 4) is 0 Å². The second kappa shape index (κ2) is 9.18. The van der Waals surface area contributed by atoms with Crippen molar-refractivity contribution in [3.05, 3.63) is 0 Å².